The quantitative estimate of drug-likeness (QED) is 0.731. The maximum atomic E-state index is 10.6. The van der Waals surface area contributed by atoms with Gasteiger partial charge in [0.25, 0.3) is 0 Å². The Hall–Kier alpha value is -1.62. The molecule has 1 atom stereocenters. The summed E-state index contributed by atoms with van der Waals surface area (Å²) in [7, 11) is 0. The molecule has 0 saturated heterocycles. The van der Waals surface area contributed by atoms with Gasteiger partial charge < -0.3 is 9.62 Å². The van der Waals surface area contributed by atoms with Crippen molar-refractivity contribution in [2.24, 2.45) is 0 Å². The van der Waals surface area contributed by atoms with Crippen LogP contribution >= 0.6 is 0 Å². The number of quaternary nitrogens is 1. The van der Waals surface area contributed by atoms with Crippen LogP contribution < -0.4 is 5.23 Å². The van der Waals surface area contributed by atoms with Crippen molar-refractivity contribution in [3.63, 3.8) is 0 Å². The van der Waals surface area contributed by atoms with Crippen LogP contribution in [0.1, 0.15) is 12.7 Å². The van der Waals surface area contributed by atoms with E-state index in [2.05, 4.69) is 0 Å². The van der Waals surface area contributed by atoms with Gasteiger partial charge in [-0.25, -0.2) is 5.21 Å². The molecule has 2 aromatic rings. The molecule has 1 aromatic heterocycles. The van der Waals surface area contributed by atoms with Gasteiger partial charge in [-0.3, -0.25) is 0 Å². The summed E-state index contributed by atoms with van der Waals surface area (Å²) >= 11 is 0. The summed E-state index contributed by atoms with van der Waals surface area (Å²) in [5.74, 6) is 0.566. The minimum absolute atomic E-state index is 0.258. The number of hydrogen-bond acceptors (Lipinski definition) is 3. The molecule has 2 N–H and O–H groups in total. The fourth-order valence-corrected chi connectivity index (χ4v) is 1.35. The lowest BCUT2D eigenvalue weighted by molar-refractivity contribution is -1.01. The Morgan fingerprint density at radius 2 is 2.20 bits per heavy atom. The Morgan fingerprint density at radius 1 is 1.47 bits per heavy atom. The lowest BCUT2D eigenvalue weighted by atomic mass is 10.2. The Bertz CT molecular complexity index is 466. The van der Waals surface area contributed by atoms with Crippen LogP contribution in [-0.4, -0.2) is 5.21 Å². The third-order valence-corrected chi connectivity index (χ3v) is 2.14. The Labute approximate surface area is 86.6 Å². The maximum Gasteiger partial charge on any atom is 0.140 e. The molecule has 0 radical (unpaired) electrons. The normalized spacial score (nSPS) is 14.5. The number of hydroxylamine groups is 2. The van der Waals surface area contributed by atoms with E-state index in [1.807, 2.05) is 30.3 Å². The number of rotatable bonds is 2. The number of fused-ring (bicyclic) bond motifs is 1. The summed E-state index contributed by atoms with van der Waals surface area (Å²) in [4.78, 5) is 0. The predicted molar refractivity (Wildman–Crippen MR) is 56.0 cm³/mol. The SMILES string of the molecule is CC(=Cc1cc2ccccc2o1)[NH+]([O-])O. The highest BCUT2D eigenvalue weighted by Gasteiger charge is 2.03. The summed E-state index contributed by atoms with van der Waals surface area (Å²) in [6.07, 6.45) is 1.52. The first-order valence-corrected chi connectivity index (χ1v) is 4.57. The molecule has 0 saturated carbocycles. The lowest BCUT2D eigenvalue weighted by Crippen LogP contribution is -3.02. The molecule has 4 nitrogen and oxygen atoms in total. The number of hydrogen-bond donors (Lipinski definition) is 2. The van der Waals surface area contributed by atoms with Gasteiger partial charge in [-0.05, 0) is 12.1 Å². The van der Waals surface area contributed by atoms with Crippen molar-refractivity contribution in [1.29, 1.82) is 0 Å². The van der Waals surface area contributed by atoms with E-state index in [1.165, 1.54) is 13.0 Å². The van der Waals surface area contributed by atoms with Crippen LogP contribution in [0.3, 0.4) is 0 Å². The van der Waals surface area contributed by atoms with Gasteiger partial charge >= 0.3 is 0 Å². The fourth-order valence-electron chi connectivity index (χ4n) is 1.35. The molecule has 0 aliphatic heterocycles. The minimum Gasteiger partial charge on any atom is -0.595 e. The van der Waals surface area contributed by atoms with Crippen LogP contribution in [0.25, 0.3) is 17.0 Å². The first-order valence-electron chi connectivity index (χ1n) is 4.57. The molecule has 0 aliphatic carbocycles. The van der Waals surface area contributed by atoms with Crippen LogP contribution in [-0.2, 0) is 0 Å². The van der Waals surface area contributed by atoms with Crippen LogP contribution in [0.2, 0.25) is 0 Å². The smallest absolute Gasteiger partial charge is 0.140 e. The van der Waals surface area contributed by atoms with Gasteiger partial charge in [0, 0.05) is 18.4 Å². The van der Waals surface area contributed by atoms with Crippen LogP contribution in [0.15, 0.2) is 40.4 Å². The van der Waals surface area contributed by atoms with Crippen molar-refractivity contribution < 1.29 is 14.9 Å². The molecule has 78 valence electrons. The molecule has 15 heavy (non-hydrogen) atoms. The topological polar surface area (TPSA) is 60.9 Å². The van der Waals surface area contributed by atoms with Crippen molar-refractivity contribution in [3.8, 4) is 0 Å². The van der Waals surface area contributed by atoms with E-state index in [1.54, 1.807) is 0 Å². The number of nitrogens with one attached hydrogen (secondary N) is 1. The van der Waals surface area contributed by atoms with E-state index in [4.69, 9.17) is 9.62 Å². The predicted octanol–water partition coefficient (Wildman–Crippen LogP) is 1.57. The second-order valence-electron chi connectivity index (χ2n) is 3.32. The summed E-state index contributed by atoms with van der Waals surface area (Å²) < 4.78 is 5.45. The fraction of sp³-hybridized carbons (Fsp3) is 0.0909. The first-order chi connectivity index (χ1) is 7.16. The van der Waals surface area contributed by atoms with E-state index in [0.717, 1.165) is 11.0 Å². The van der Waals surface area contributed by atoms with Crippen molar-refractivity contribution >= 4 is 17.0 Å². The highest BCUT2D eigenvalue weighted by Crippen LogP contribution is 2.19. The molecular weight excluding hydrogens is 194 g/mol. The zero-order valence-corrected chi connectivity index (χ0v) is 8.23. The van der Waals surface area contributed by atoms with E-state index in [9.17, 15) is 5.21 Å². The van der Waals surface area contributed by atoms with Gasteiger partial charge in [-0.15, -0.1) is 0 Å². The van der Waals surface area contributed by atoms with Crippen molar-refractivity contribution in [2.75, 3.05) is 0 Å². The van der Waals surface area contributed by atoms with Crippen molar-refractivity contribution in [3.05, 3.63) is 47.0 Å². The summed E-state index contributed by atoms with van der Waals surface area (Å²) in [5.41, 5.74) is 1.02. The second kappa shape index (κ2) is 3.86. The summed E-state index contributed by atoms with van der Waals surface area (Å²) in [5, 5.41) is 19.4. The molecule has 1 aromatic carbocycles. The molecule has 1 unspecified atom stereocenters. The molecule has 0 spiro atoms. The zero-order valence-electron chi connectivity index (χ0n) is 8.23. The summed E-state index contributed by atoms with van der Waals surface area (Å²) in [6.45, 7) is 1.54. The van der Waals surface area contributed by atoms with Gasteiger partial charge in [0.15, 0.2) is 0 Å². The van der Waals surface area contributed by atoms with Gasteiger partial charge in [0.2, 0.25) is 0 Å². The first kappa shape index (κ1) is 9.92. The van der Waals surface area contributed by atoms with Gasteiger partial charge in [-0.2, -0.15) is 5.23 Å². The molecule has 2 rings (SSSR count). The summed E-state index contributed by atoms with van der Waals surface area (Å²) in [6, 6.07) is 9.38. The van der Waals surface area contributed by atoms with E-state index < -0.39 is 5.23 Å². The Balaban J connectivity index is 2.41. The van der Waals surface area contributed by atoms with E-state index in [-0.39, 0.29) is 5.70 Å². The maximum absolute atomic E-state index is 10.6. The third kappa shape index (κ3) is 2.07. The monoisotopic (exact) mass is 205 g/mol. The van der Waals surface area contributed by atoms with E-state index >= 15 is 0 Å². The number of benzene rings is 1. The number of allylic oxidation sites excluding steroid dienone is 1. The van der Waals surface area contributed by atoms with Gasteiger partial charge in [-0.1, -0.05) is 18.2 Å². The molecule has 0 aliphatic rings. The van der Waals surface area contributed by atoms with Gasteiger partial charge in [0.1, 0.15) is 17.0 Å². The lowest BCUT2D eigenvalue weighted by Gasteiger charge is -2.10. The standard InChI is InChI=1S/C11H11NO3/c1-8(12(13)14)6-10-7-9-4-2-3-5-11(9)15-10/h2-7,12-13H,1H3. The minimum atomic E-state index is -0.935. The van der Waals surface area contributed by atoms with Crippen LogP contribution in [0.4, 0.5) is 0 Å². The third-order valence-electron chi connectivity index (χ3n) is 2.14. The average Bonchev–Trinajstić information content (AvgIpc) is 2.59. The van der Waals surface area contributed by atoms with Crippen molar-refractivity contribution in [1.82, 2.24) is 0 Å². The molecular formula is C11H11NO3. The molecule has 1 heterocycles. The Kier molecular flexibility index (Phi) is 2.55. The molecule has 0 amide bonds. The zero-order chi connectivity index (χ0) is 10.8. The molecule has 4 heteroatoms. The average molecular weight is 205 g/mol. The highest BCUT2D eigenvalue weighted by atomic mass is 16.8. The molecule has 0 bridgehead atoms. The Morgan fingerprint density at radius 3 is 2.87 bits per heavy atom. The van der Waals surface area contributed by atoms with Crippen molar-refractivity contribution in [2.45, 2.75) is 6.92 Å². The van der Waals surface area contributed by atoms with Crippen LogP contribution in [0, 0.1) is 5.21 Å². The van der Waals surface area contributed by atoms with E-state index in [0.29, 0.717) is 5.76 Å². The largest absolute Gasteiger partial charge is 0.595 e. The second-order valence-corrected chi connectivity index (χ2v) is 3.32. The molecule has 0 fully saturated rings. The number of para-hydroxylation sites is 1. The highest BCUT2D eigenvalue weighted by molar-refractivity contribution is 5.79. The van der Waals surface area contributed by atoms with Crippen LogP contribution in [0.5, 0.6) is 0 Å². The number of furan rings is 1. The van der Waals surface area contributed by atoms with Gasteiger partial charge in [0.05, 0.1) is 0 Å².